The normalized spacial score (nSPS) is 21.0. The molecule has 2 aromatic rings. The number of amides is 2. The number of carbonyl (C=O) groups excluding carboxylic acids is 2. The van der Waals surface area contributed by atoms with Gasteiger partial charge in [0, 0.05) is 31.0 Å². The molecule has 0 spiro atoms. The Morgan fingerprint density at radius 1 is 1.06 bits per heavy atom. The smallest absolute Gasteiger partial charge is 0.256 e. The van der Waals surface area contributed by atoms with E-state index in [0.29, 0.717) is 49.4 Å². The van der Waals surface area contributed by atoms with E-state index >= 15 is 0 Å². The number of carbonyl (C=O) groups is 2. The summed E-state index contributed by atoms with van der Waals surface area (Å²) < 4.78 is 13.3. The number of likely N-dealkylation sites (tertiary alicyclic amines) is 1. The van der Waals surface area contributed by atoms with Crippen molar-refractivity contribution in [3.05, 3.63) is 63.1 Å². The average Bonchev–Trinajstić information content (AvgIpc) is 3.64. The van der Waals surface area contributed by atoms with E-state index in [9.17, 15) is 18.8 Å². The Labute approximate surface area is 179 Å². The van der Waals surface area contributed by atoms with Crippen molar-refractivity contribution in [2.45, 2.75) is 51.1 Å². The fourth-order valence-electron chi connectivity index (χ4n) is 4.60. The molecule has 1 aliphatic carbocycles. The molecule has 1 atom stereocenters. The van der Waals surface area contributed by atoms with Gasteiger partial charge in [0.15, 0.2) is 0 Å². The second-order valence-corrected chi connectivity index (χ2v) is 8.68. The van der Waals surface area contributed by atoms with Gasteiger partial charge in [-0.05, 0) is 56.4 Å². The van der Waals surface area contributed by atoms with Gasteiger partial charge < -0.3 is 14.8 Å². The number of hydrogen-bond acceptors (Lipinski definition) is 4. The Morgan fingerprint density at radius 3 is 2.58 bits per heavy atom. The zero-order valence-corrected chi connectivity index (χ0v) is 17.3. The van der Waals surface area contributed by atoms with Gasteiger partial charge in [0.25, 0.3) is 11.5 Å². The number of aromatic amines is 1. The molecule has 0 unspecified atom stereocenters. The van der Waals surface area contributed by atoms with Gasteiger partial charge in [-0.25, -0.2) is 9.37 Å². The molecule has 3 aliphatic rings. The van der Waals surface area contributed by atoms with Crippen LogP contribution in [0.25, 0.3) is 0 Å². The number of rotatable bonds is 3. The van der Waals surface area contributed by atoms with Gasteiger partial charge in [-0.15, -0.1) is 0 Å². The van der Waals surface area contributed by atoms with Gasteiger partial charge in [-0.3, -0.25) is 14.4 Å². The van der Waals surface area contributed by atoms with Gasteiger partial charge in [-0.1, -0.05) is 0 Å². The summed E-state index contributed by atoms with van der Waals surface area (Å²) in [5, 5.41) is 0. The number of nitrogens with zero attached hydrogens (tertiary/aromatic N) is 3. The molecule has 0 bridgehead atoms. The first-order valence-corrected chi connectivity index (χ1v) is 11.0. The fourth-order valence-corrected chi connectivity index (χ4v) is 4.60. The maximum atomic E-state index is 13.3. The number of nitrogens with one attached hydrogen (secondary N) is 1. The third-order valence-electron chi connectivity index (χ3n) is 6.50. The second-order valence-electron chi connectivity index (χ2n) is 8.68. The molecule has 2 aliphatic heterocycles. The van der Waals surface area contributed by atoms with E-state index in [1.165, 1.54) is 24.3 Å². The third kappa shape index (κ3) is 3.86. The van der Waals surface area contributed by atoms with Crippen molar-refractivity contribution in [3.8, 4) is 0 Å². The van der Waals surface area contributed by atoms with E-state index in [0.717, 1.165) is 31.4 Å². The third-order valence-corrected chi connectivity index (χ3v) is 6.50. The minimum atomic E-state index is -0.387. The van der Waals surface area contributed by atoms with Crippen molar-refractivity contribution in [3.63, 3.8) is 0 Å². The molecule has 2 fully saturated rings. The van der Waals surface area contributed by atoms with E-state index < -0.39 is 0 Å². The van der Waals surface area contributed by atoms with Crippen molar-refractivity contribution < 1.29 is 14.0 Å². The van der Waals surface area contributed by atoms with Crippen molar-refractivity contribution in [2.24, 2.45) is 5.92 Å². The van der Waals surface area contributed by atoms with E-state index in [1.807, 2.05) is 0 Å². The Bertz CT molecular complexity index is 1080. The van der Waals surface area contributed by atoms with Crippen molar-refractivity contribution in [1.82, 2.24) is 19.8 Å². The van der Waals surface area contributed by atoms with Crippen molar-refractivity contribution >= 4 is 11.8 Å². The number of halogens is 1. The molecule has 162 valence electrons. The molecular weight excluding hydrogens is 399 g/mol. The zero-order chi connectivity index (χ0) is 21.5. The first-order valence-electron chi connectivity index (χ1n) is 11.0. The molecule has 1 saturated carbocycles. The fraction of sp³-hybridized carbons (Fsp3) is 0.478. The summed E-state index contributed by atoms with van der Waals surface area (Å²) in [6, 6.07) is 5.20. The van der Waals surface area contributed by atoms with Crippen LogP contribution in [0.15, 0.2) is 29.1 Å². The highest BCUT2D eigenvalue weighted by Gasteiger charge is 2.36. The standard InChI is InChI=1S/C23H25FN4O3/c24-16-8-6-15(7-9-16)23(31)28-11-2-1-3-19(28)20-25-18-10-12-27(22(30)14-4-5-14)13-17(18)21(29)26-20/h6-9,14,19H,1-5,10-13H2,(H,25,26,29)/t19-/m0/s1. The van der Waals surface area contributed by atoms with Crippen LogP contribution in [0.2, 0.25) is 0 Å². The van der Waals surface area contributed by atoms with Crippen LogP contribution >= 0.6 is 0 Å². The largest absolute Gasteiger partial charge is 0.337 e. The molecule has 5 rings (SSSR count). The van der Waals surface area contributed by atoms with E-state index in [1.54, 1.807) is 9.80 Å². The Balaban J connectivity index is 1.41. The van der Waals surface area contributed by atoms with Crippen LogP contribution in [0.1, 0.15) is 65.6 Å². The lowest BCUT2D eigenvalue weighted by atomic mass is 9.99. The highest BCUT2D eigenvalue weighted by Crippen LogP contribution is 2.33. The van der Waals surface area contributed by atoms with Gasteiger partial charge in [-0.2, -0.15) is 0 Å². The first-order chi connectivity index (χ1) is 15.0. The SMILES string of the molecule is O=C(C1CC1)N1CCc2nc([C@@H]3CCCCN3C(=O)c3ccc(F)cc3)[nH]c(=O)c2C1. The van der Waals surface area contributed by atoms with E-state index in [-0.39, 0.29) is 35.2 Å². The highest BCUT2D eigenvalue weighted by atomic mass is 19.1. The number of fused-ring (bicyclic) bond motifs is 1. The van der Waals surface area contributed by atoms with Crippen LogP contribution in [0.5, 0.6) is 0 Å². The van der Waals surface area contributed by atoms with Gasteiger partial charge in [0.05, 0.1) is 23.8 Å². The lowest BCUT2D eigenvalue weighted by molar-refractivity contribution is -0.133. The lowest BCUT2D eigenvalue weighted by Gasteiger charge is -2.36. The van der Waals surface area contributed by atoms with E-state index in [2.05, 4.69) is 4.98 Å². The van der Waals surface area contributed by atoms with Crippen LogP contribution in [0, 0.1) is 11.7 Å². The van der Waals surface area contributed by atoms with Crippen LogP contribution in [0.4, 0.5) is 4.39 Å². The summed E-state index contributed by atoms with van der Waals surface area (Å²) >= 11 is 0. The minimum Gasteiger partial charge on any atom is -0.337 e. The molecule has 7 nitrogen and oxygen atoms in total. The summed E-state index contributed by atoms with van der Waals surface area (Å²) in [7, 11) is 0. The molecule has 3 heterocycles. The summed E-state index contributed by atoms with van der Waals surface area (Å²) in [5.74, 6) is 0.187. The minimum absolute atomic E-state index is 0.126. The number of piperidine rings is 1. The molecule has 31 heavy (non-hydrogen) atoms. The number of H-pyrrole nitrogens is 1. The monoisotopic (exact) mass is 424 g/mol. The predicted octanol–water partition coefficient (Wildman–Crippen LogP) is 2.57. The second kappa shape index (κ2) is 7.90. The van der Waals surface area contributed by atoms with Crippen LogP contribution in [-0.4, -0.2) is 44.7 Å². The number of aromatic nitrogens is 2. The molecule has 1 saturated heterocycles. The Kier molecular flexibility index (Phi) is 5.08. The quantitative estimate of drug-likeness (QED) is 0.821. The highest BCUT2D eigenvalue weighted by molar-refractivity contribution is 5.94. The topological polar surface area (TPSA) is 86.4 Å². The van der Waals surface area contributed by atoms with Crippen LogP contribution in [-0.2, 0) is 17.8 Å². The summed E-state index contributed by atoms with van der Waals surface area (Å²) in [6.07, 6.45) is 4.94. The molecule has 1 aromatic heterocycles. The molecule has 1 aromatic carbocycles. The lowest BCUT2D eigenvalue weighted by Crippen LogP contribution is -2.43. The predicted molar refractivity (Wildman–Crippen MR) is 111 cm³/mol. The molecule has 8 heteroatoms. The molecule has 1 N–H and O–H groups in total. The first kappa shape index (κ1) is 19.9. The molecule has 0 radical (unpaired) electrons. The van der Waals surface area contributed by atoms with Gasteiger partial charge in [0.1, 0.15) is 11.6 Å². The Morgan fingerprint density at radius 2 is 1.84 bits per heavy atom. The van der Waals surface area contributed by atoms with Crippen molar-refractivity contribution in [1.29, 1.82) is 0 Å². The molecular formula is C23H25FN4O3. The summed E-state index contributed by atoms with van der Waals surface area (Å²) in [6.45, 7) is 1.43. The maximum Gasteiger partial charge on any atom is 0.256 e. The van der Waals surface area contributed by atoms with E-state index in [4.69, 9.17) is 4.98 Å². The zero-order valence-electron chi connectivity index (χ0n) is 17.3. The van der Waals surface area contributed by atoms with Gasteiger partial charge in [0.2, 0.25) is 5.91 Å². The van der Waals surface area contributed by atoms with Crippen LogP contribution in [0.3, 0.4) is 0 Å². The maximum absolute atomic E-state index is 13.3. The summed E-state index contributed by atoms with van der Waals surface area (Å²) in [4.78, 5) is 49.5. The average molecular weight is 424 g/mol. The Hall–Kier alpha value is -3.03. The number of hydrogen-bond donors (Lipinski definition) is 1. The summed E-state index contributed by atoms with van der Waals surface area (Å²) in [5.41, 5.74) is 1.46. The van der Waals surface area contributed by atoms with Crippen molar-refractivity contribution in [2.75, 3.05) is 13.1 Å². The van der Waals surface area contributed by atoms with Crippen LogP contribution < -0.4 is 5.56 Å². The molecule has 2 amide bonds. The number of benzene rings is 1. The van der Waals surface area contributed by atoms with Gasteiger partial charge >= 0.3 is 0 Å².